The van der Waals surface area contributed by atoms with Crippen molar-refractivity contribution in [1.82, 2.24) is 10.6 Å². The van der Waals surface area contributed by atoms with Crippen molar-refractivity contribution >= 4 is 28.8 Å². The van der Waals surface area contributed by atoms with E-state index >= 15 is 0 Å². The lowest BCUT2D eigenvalue weighted by Gasteiger charge is -2.33. The molecule has 0 bridgehead atoms. The van der Waals surface area contributed by atoms with Gasteiger partial charge in [-0.3, -0.25) is 9.59 Å². The van der Waals surface area contributed by atoms with Gasteiger partial charge in [0.15, 0.2) is 6.61 Å². The van der Waals surface area contributed by atoms with Crippen LogP contribution in [0.1, 0.15) is 45.2 Å². The number of amides is 2. The monoisotopic (exact) mass is 474 g/mol. The minimum Gasteiger partial charge on any atom is -0.487 e. The lowest BCUT2D eigenvalue weighted by atomic mass is 9.92. The van der Waals surface area contributed by atoms with E-state index in [0.29, 0.717) is 34.5 Å². The number of nitrogens with one attached hydrogen (secondary N) is 2. The smallest absolute Gasteiger partial charge is 0.336 e. The van der Waals surface area contributed by atoms with E-state index in [2.05, 4.69) is 10.6 Å². The van der Waals surface area contributed by atoms with Gasteiger partial charge in [0, 0.05) is 17.7 Å². The zero-order chi connectivity index (χ0) is 25.2. The first-order valence-corrected chi connectivity index (χ1v) is 11.1. The molecular weight excluding hydrogens is 444 g/mol. The van der Waals surface area contributed by atoms with Crippen LogP contribution in [-0.4, -0.2) is 47.7 Å². The molecule has 1 aliphatic rings. The predicted molar refractivity (Wildman–Crippen MR) is 123 cm³/mol. The fraction of sp³-hybridized carbons (Fsp3) is 0.500. The number of carbonyl (C=O) groups is 3. The Bertz CT molecular complexity index is 1180. The van der Waals surface area contributed by atoms with Crippen molar-refractivity contribution in [2.75, 3.05) is 13.2 Å². The van der Waals surface area contributed by atoms with E-state index in [1.165, 1.54) is 6.07 Å². The van der Waals surface area contributed by atoms with Gasteiger partial charge in [0.25, 0.3) is 5.91 Å². The summed E-state index contributed by atoms with van der Waals surface area (Å²) in [7, 11) is 0. The van der Waals surface area contributed by atoms with Crippen LogP contribution in [0, 0.1) is 12.8 Å². The maximum Gasteiger partial charge on any atom is 0.336 e. The summed E-state index contributed by atoms with van der Waals surface area (Å²) in [5, 5.41) is 14.5. The van der Waals surface area contributed by atoms with Crippen molar-refractivity contribution in [3.63, 3.8) is 0 Å². The molecule has 10 nitrogen and oxygen atoms in total. The molecule has 0 saturated heterocycles. The van der Waals surface area contributed by atoms with Gasteiger partial charge in [-0.05, 0) is 45.1 Å². The Labute approximate surface area is 196 Å². The predicted octanol–water partition coefficient (Wildman–Crippen LogP) is 1.93. The molecule has 34 heavy (non-hydrogen) atoms. The first kappa shape index (κ1) is 25.1. The summed E-state index contributed by atoms with van der Waals surface area (Å²) in [6.45, 7) is 8.21. The second kappa shape index (κ2) is 9.74. The quantitative estimate of drug-likeness (QED) is 0.492. The van der Waals surface area contributed by atoms with E-state index in [0.717, 1.165) is 12.0 Å². The zero-order valence-electron chi connectivity index (χ0n) is 19.9. The van der Waals surface area contributed by atoms with Crippen LogP contribution in [0.3, 0.4) is 0 Å². The Morgan fingerprint density at radius 2 is 1.91 bits per heavy atom. The molecule has 10 heteroatoms. The fourth-order valence-electron chi connectivity index (χ4n) is 3.85. The fourth-order valence-corrected chi connectivity index (χ4v) is 3.85. The third-order valence-corrected chi connectivity index (χ3v) is 5.66. The number of aryl methyl sites for hydroxylation is 2. The number of benzene rings is 1. The molecule has 0 spiro atoms. The molecule has 0 aliphatic carbocycles. The summed E-state index contributed by atoms with van der Waals surface area (Å²) >= 11 is 0. The number of hydrogen-bond donors (Lipinski definition) is 3. The molecule has 1 aromatic heterocycles. The number of carboxylic acids is 1. The number of aliphatic carboxylic acids is 1. The van der Waals surface area contributed by atoms with Crippen molar-refractivity contribution < 1.29 is 33.4 Å². The normalized spacial score (nSPS) is 15.2. The lowest BCUT2D eigenvalue weighted by molar-refractivity contribution is -0.143. The first-order valence-electron chi connectivity index (χ1n) is 11.1. The van der Waals surface area contributed by atoms with Crippen molar-refractivity contribution in [1.29, 1.82) is 0 Å². The molecule has 1 aliphatic heterocycles. The minimum absolute atomic E-state index is 0.312. The highest BCUT2D eigenvalue weighted by atomic mass is 16.5. The summed E-state index contributed by atoms with van der Waals surface area (Å²) in [6, 6.07) is 1.99. The van der Waals surface area contributed by atoms with Crippen molar-refractivity contribution in [3.05, 3.63) is 33.7 Å². The van der Waals surface area contributed by atoms with Crippen LogP contribution in [0.4, 0.5) is 0 Å². The van der Waals surface area contributed by atoms with Crippen LogP contribution in [-0.2, 0) is 20.8 Å². The topological polar surface area (TPSA) is 144 Å². The molecule has 0 saturated carbocycles. The number of rotatable bonds is 8. The number of carbonyl (C=O) groups excluding carboxylic acids is 2. The van der Waals surface area contributed by atoms with Gasteiger partial charge in [-0.15, -0.1) is 0 Å². The van der Waals surface area contributed by atoms with Gasteiger partial charge < -0.3 is 29.6 Å². The molecule has 0 fully saturated rings. The lowest BCUT2D eigenvalue weighted by Crippen LogP contribution is -2.48. The Hall–Kier alpha value is -3.56. The maximum absolute atomic E-state index is 12.3. The van der Waals surface area contributed by atoms with E-state index < -0.39 is 48.2 Å². The molecule has 0 unspecified atom stereocenters. The van der Waals surface area contributed by atoms with Gasteiger partial charge in [-0.25, -0.2) is 9.59 Å². The Kier molecular flexibility index (Phi) is 7.18. The summed E-state index contributed by atoms with van der Waals surface area (Å²) < 4.78 is 17.3. The van der Waals surface area contributed by atoms with Crippen molar-refractivity contribution in [2.45, 2.75) is 59.1 Å². The summed E-state index contributed by atoms with van der Waals surface area (Å²) in [5.41, 5.74) is 0.903. The van der Waals surface area contributed by atoms with Crippen LogP contribution in [0.5, 0.6) is 11.5 Å². The summed E-state index contributed by atoms with van der Waals surface area (Å²) in [6.07, 6.45) is 1.41. The largest absolute Gasteiger partial charge is 0.487 e. The third-order valence-electron chi connectivity index (χ3n) is 5.66. The molecule has 2 amide bonds. The summed E-state index contributed by atoms with van der Waals surface area (Å²) in [5.74, 6) is -1.81. The third kappa shape index (κ3) is 5.67. The van der Waals surface area contributed by atoms with Gasteiger partial charge in [-0.1, -0.05) is 13.8 Å². The minimum atomic E-state index is -1.15. The van der Waals surface area contributed by atoms with E-state index in [1.807, 2.05) is 13.8 Å². The Morgan fingerprint density at radius 3 is 2.56 bits per heavy atom. The molecular formula is C24H30N2O8. The van der Waals surface area contributed by atoms with Gasteiger partial charge in [0.1, 0.15) is 28.7 Å². The van der Waals surface area contributed by atoms with Crippen LogP contribution < -0.4 is 25.7 Å². The number of hydrogen-bond acceptors (Lipinski definition) is 7. The van der Waals surface area contributed by atoms with E-state index in [1.54, 1.807) is 26.8 Å². The van der Waals surface area contributed by atoms with Crippen molar-refractivity contribution in [3.8, 4) is 11.5 Å². The molecule has 184 valence electrons. The van der Waals surface area contributed by atoms with Gasteiger partial charge in [-0.2, -0.15) is 0 Å². The maximum atomic E-state index is 12.3. The first-order chi connectivity index (χ1) is 15.9. The highest BCUT2D eigenvalue weighted by molar-refractivity contribution is 5.92. The van der Waals surface area contributed by atoms with Crippen LogP contribution >= 0.6 is 0 Å². The molecule has 0 radical (unpaired) electrons. The number of fused-ring (bicyclic) bond motifs is 3. The number of ether oxygens (including phenoxy) is 2. The standard InChI is InChI=1S/C24H30N2O8/c1-12(2)21(23(30)31)26-17(27)10-25-18(28)11-32-16-9-15-14(6-7-24(4,5)34-15)22-20(16)13(3)8-19(29)33-22/h8-9,12,21H,6-7,10-11H2,1-5H3,(H,25,28)(H,26,27)(H,30,31)/t21-/m0/s1. The Morgan fingerprint density at radius 1 is 1.21 bits per heavy atom. The highest BCUT2D eigenvalue weighted by Crippen LogP contribution is 2.42. The van der Waals surface area contributed by atoms with E-state index in [-0.39, 0.29) is 5.92 Å². The average Bonchev–Trinajstić information content (AvgIpc) is 2.72. The molecule has 2 aromatic rings. The second-order valence-electron chi connectivity index (χ2n) is 9.36. The van der Waals surface area contributed by atoms with Crippen LogP contribution in [0.25, 0.3) is 11.0 Å². The second-order valence-corrected chi connectivity index (χ2v) is 9.36. The van der Waals surface area contributed by atoms with Crippen LogP contribution in [0.15, 0.2) is 21.3 Å². The van der Waals surface area contributed by atoms with Gasteiger partial charge >= 0.3 is 11.6 Å². The molecule has 2 heterocycles. The SMILES string of the molecule is Cc1cc(=O)oc2c3c(cc(OCC(=O)NCC(=O)N[C@H](C(=O)O)C(C)C)c12)OC(C)(C)CC3. The van der Waals surface area contributed by atoms with Crippen molar-refractivity contribution in [2.24, 2.45) is 5.92 Å². The molecule has 3 N–H and O–H groups in total. The van der Waals surface area contributed by atoms with E-state index in [4.69, 9.17) is 19.0 Å². The molecule has 1 aromatic carbocycles. The molecule has 1 atom stereocenters. The average molecular weight is 475 g/mol. The van der Waals surface area contributed by atoms with Crippen LogP contribution in [0.2, 0.25) is 0 Å². The van der Waals surface area contributed by atoms with E-state index in [9.17, 15) is 19.2 Å². The Balaban J connectivity index is 1.74. The van der Waals surface area contributed by atoms with Gasteiger partial charge in [0.05, 0.1) is 11.9 Å². The zero-order valence-corrected chi connectivity index (χ0v) is 19.9. The van der Waals surface area contributed by atoms with Gasteiger partial charge in [0.2, 0.25) is 5.91 Å². The molecule has 3 rings (SSSR count). The highest BCUT2D eigenvalue weighted by Gasteiger charge is 2.30. The summed E-state index contributed by atoms with van der Waals surface area (Å²) in [4.78, 5) is 47.6. The number of carboxylic acid groups (broad SMARTS) is 1.